The third kappa shape index (κ3) is 2.74. The number of rotatable bonds is 2. The van der Waals surface area contributed by atoms with Crippen LogP contribution in [0.2, 0.25) is 10.0 Å². The maximum absolute atomic E-state index is 6.04. The van der Waals surface area contributed by atoms with Crippen LogP contribution in [0.4, 0.5) is 0 Å². The van der Waals surface area contributed by atoms with Gasteiger partial charge in [0.2, 0.25) is 0 Å². The summed E-state index contributed by atoms with van der Waals surface area (Å²) in [6.07, 6.45) is 12.5. The number of halogens is 2. The molecule has 0 aliphatic heterocycles. The fourth-order valence-corrected chi connectivity index (χ4v) is 1.90. The quantitative estimate of drug-likeness (QED) is 0.696. The van der Waals surface area contributed by atoms with E-state index in [4.69, 9.17) is 23.2 Å². The predicted molar refractivity (Wildman–Crippen MR) is 67.3 cm³/mol. The molecule has 0 saturated heterocycles. The minimum atomic E-state index is 0.386. The number of allylic oxidation sites excluding steroid dienone is 5. The monoisotopic (exact) mass is 236 g/mol. The van der Waals surface area contributed by atoms with Gasteiger partial charge in [0.1, 0.15) is 0 Å². The van der Waals surface area contributed by atoms with Crippen LogP contribution in [0.1, 0.15) is 5.56 Å². The lowest BCUT2D eigenvalue weighted by atomic mass is 10.1. The third-order valence-electron chi connectivity index (χ3n) is 2.24. The summed E-state index contributed by atoms with van der Waals surface area (Å²) >= 11 is 11.9. The number of benzene rings is 1. The normalized spacial score (nSPS) is 15.6. The molecular formula is C13H10Cl2. The molecule has 0 unspecified atom stereocenters. The first-order valence-electron chi connectivity index (χ1n) is 4.74. The highest BCUT2D eigenvalue weighted by Crippen LogP contribution is 2.23. The molecule has 0 amide bonds. The van der Waals surface area contributed by atoms with Gasteiger partial charge >= 0.3 is 0 Å². The summed E-state index contributed by atoms with van der Waals surface area (Å²) in [5, 5.41) is 1.35. The Labute approximate surface area is 99.5 Å². The molecule has 0 radical (unpaired) electrons. The van der Waals surface area contributed by atoms with Gasteiger partial charge in [0, 0.05) is 16.0 Å². The minimum absolute atomic E-state index is 0.386. The molecule has 0 heterocycles. The average molecular weight is 237 g/mol. The molecule has 0 N–H and O–H groups in total. The molecule has 2 rings (SSSR count). The van der Waals surface area contributed by atoms with Crippen LogP contribution in [-0.4, -0.2) is 0 Å². The number of hydrogen-bond donors (Lipinski definition) is 0. The predicted octanol–water partition coefficient (Wildman–Crippen LogP) is 4.75. The highest BCUT2D eigenvalue weighted by Gasteiger charge is 2.00. The summed E-state index contributed by atoms with van der Waals surface area (Å²) in [6, 6.07) is 5.51. The number of hydrogen-bond acceptors (Lipinski definition) is 0. The van der Waals surface area contributed by atoms with Gasteiger partial charge in [-0.15, -0.1) is 0 Å². The van der Waals surface area contributed by atoms with Gasteiger partial charge in [0.05, 0.1) is 0 Å². The summed E-state index contributed by atoms with van der Waals surface area (Å²) in [4.78, 5) is 0. The van der Waals surface area contributed by atoms with Crippen molar-refractivity contribution in [3.63, 3.8) is 0 Å². The van der Waals surface area contributed by atoms with E-state index in [-0.39, 0.29) is 0 Å². The van der Waals surface area contributed by atoms with Gasteiger partial charge < -0.3 is 0 Å². The Morgan fingerprint density at radius 3 is 2.47 bits per heavy atom. The molecular weight excluding hydrogens is 227 g/mol. The molecule has 0 bridgehead atoms. The zero-order valence-corrected chi connectivity index (χ0v) is 9.54. The van der Waals surface area contributed by atoms with Gasteiger partial charge in [0.25, 0.3) is 0 Å². The molecule has 1 aliphatic rings. The molecule has 0 fully saturated rings. The van der Waals surface area contributed by atoms with E-state index in [2.05, 4.69) is 18.2 Å². The second-order valence-corrected chi connectivity index (χ2v) is 4.22. The van der Waals surface area contributed by atoms with Crippen molar-refractivity contribution in [3.05, 3.63) is 64.2 Å². The van der Waals surface area contributed by atoms with Crippen molar-refractivity contribution in [2.24, 2.45) is 5.92 Å². The van der Waals surface area contributed by atoms with Crippen molar-refractivity contribution in [1.29, 1.82) is 0 Å². The second kappa shape index (κ2) is 4.69. The molecule has 0 spiro atoms. The lowest BCUT2D eigenvalue weighted by Crippen LogP contribution is -1.81. The van der Waals surface area contributed by atoms with Gasteiger partial charge in [-0.2, -0.15) is 0 Å². The van der Waals surface area contributed by atoms with Gasteiger partial charge in [0.15, 0.2) is 0 Å². The van der Waals surface area contributed by atoms with Crippen molar-refractivity contribution < 1.29 is 0 Å². The largest absolute Gasteiger partial charge is 0.0843 e. The smallest absolute Gasteiger partial charge is 0.0493 e. The fourth-order valence-electron chi connectivity index (χ4n) is 1.43. The molecule has 0 aromatic heterocycles. The maximum Gasteiger partial charge on any atom is 0.0493 e. The van der Waals surface area contributed by atoms with Crippen molar-refractivity contribution in [3.8, 4) is 0 Å². The molecule has 2 heteroatoms. The van der Waals surface area contributed by atoms with Crippen LogP contribution in [-0.2, 0) is 0 Å². The molecule has 15 heavy (non-hydrogen) atoms. The maximum atomic E-state index is 6.04. The van der Waals surface area contributed by atoms with Gasteiger partial charge in [-0.1, -0.05) is 65.7 Å². The fraction of sp³-hybridized carbons (Fsp3) is 0.0769. The summed E-state index contributed by atoms with van der Waals surface area (Å²) in [7, 11) is 0. The molecule has 1 aromatic carbocycles. The van der Waals surface area contributed by atoms with Crippen LogP contribution >= 0.6 is 23.2 Å². The van der Waals surface area contributed by atoms with Crippen LogP contribution in [0.5, 0.6) is 0 Å². The van der Waals surface area contributed by atoms with E-state index >= 15 is 0 Å². The molecule has 76 valence electrons. The van der Waals surface area contributed by atoms with Crippen LogP contribution in [0.3, 0.4) is 0 Å². The summed E-state index contributed by atoms with van der Waals surface area (Å²) in [5.74, 6) is 0.386. The Balaban J connectivity index is 2.16. The van der Waals surface area contributed by atoms with Gasteiger partial charge in [-0.05, 0) is 17.7 Å². The Morgan fingerprint density at radius 1 is 1.07 bits per heavy atom. The highest BCUT2D eigenvalue weighted by atomic mass is 35.5. The van der Waals surface area contributed by atoms with E-state index in [1.165, 1.54) is 0 Å². The zero-order chi connectivity index (χ0) is 10.7. The first-order valence-corrected chi connectivity index (χ1v) is 5.49. The summed E-state index contributed by atoms with van der Waals surface area (Å²) in [5.41, 5.74) is 0.995. The van der Waals surface area contributed by atoms with Crippen LogP contribution in [0, 0.1) is 5.92 Å². The third-order valence-corrected chi connectivity index (χ3v) is 2.80. The zero-order valence-electron chi connectivity index (χ0n) is 8.03. The molecule has 0 saturated carbocycles. The standard InChI is InChI=1S/C13H10Cl2/c14-12-8-7-11(13(15)9-12)6-5-10-3-1-2-4-10/h1-10H/b6-5+. The Kier molecular flexibility index (Phi) is 3.30. The molecule has 1 aromatic rings. The summed E-state index contributed by atoms with van der Waals surface area (Å²) in [6.45, 7) is 0. The van der Waals surface area contributed by atoms with E-state index in [0.717, 1.165) is 5.56 Å². The van der Waals surface area contributed by atoms with E-state index < -0.39 is 0 Å². The van der Waals surface area contributed by atoms with Gasteiger partial charge in [-0.25, -0.2) is 0 Å². The van der Waals surface area contributed by atoms with Crippen LogP contribution in [0.25, 0.3) is 6.08 Å². The highest BCUT2D eigenvalue weighted by molar-refractivity contribution is 6.35. The minimum Gasteiger partial charge on any atom is -0.0843 e. The van der Waals surface area contributed by atoms with Crippen molar-refractivity contribution in [2.75, 3.05) is 0 Å². The molecule has 0 atom stereocenters. The second-order valence-electron chi connectivity index (χ2n) is 3.37. The summed E-state index contributed by atoms with van der Waals surface area (Å²) < 4.78 is 0. The lowest BCUT2D eigenvalue weighted by Gasteiger charge is -2.00. The van der Waals surface area contributed by atoms with Crippen LogP contribution in [0.15, 0.2) is 48.6 Å². The van der Waals surface area contributed by atoms with Crippen molar-refractivity contribution >= 4 is 29.3 Å². The first-order chi connectivity index (χ1) is 7.25. The topological polar surface area (TPSA) is 0 Å². The SMILES string of the molecule is Clc1ccc(/C=C/C2C=CC=C2)c(Cl)c1. The van der Waals surface area contributed by atoms with Crippen LogP contribution < -0.4 is 0 Å². The van der Waals surface area contributed by atoms with E-state index in [1.807, 2.05) is 30.4 Å². The molecule has 0 nitrogen and oxygen atoms in total. The van der Waals surface area contributed by atoms with Crippen molar-refractivity contribution in [2.45, 2.75) is 0 Å². The lowest BCUT2D eigenvalue weighted by molar-refractivity contribution is 1.10. The Bertz CT molecular complexity index is 430. The average Bonchev–Trinajstić information content (AvgIpc) is 2.69. The first kappa shape index (κ1) is 10.5. The van der Waals surface area contributed by atoms with Gasteiger partial charge in [-0.3, -0.25) is 0 Å². The van der Waals surface area contributed by atoms with Crippen molar-refractivity contribution in [1.82, 2.24) is 0 Å². The van der Waals surface area contributed by atoms with E-state index in [9.17, 15) is 0 Å². The van der Waals surface area contributed by atoms with E-state index in [1.54, 1.807) is 6.07 Å². The Hall–Kier alpha value is -0.980. The van der Waals surface area contributed by atoms with E-state index in [0.29, 0.717) is 16.0 Å². The molecule has 1 aliphatic carbocycles. The Morgan fingerprint density at radius 2 is 1.80 bits per heavy atom.